The van der Waals surface area contributed by atoms with E-state index in [1.165, 1.54) is 17.1 Å². The number of thioether (sulfide) groups is 1. The van der Waals surface area contributed by atoms with Gasteiger partial charge in [-0.25, -0.2) is 0 Å². The molecule has 0 aliphatic carbocycles. The molecule has 0 fully saturated rings. The first-order valence-electron chi connectivity index (χ1n) is 3.87. The first-order valence-corrected chi connectivity index (χ1v) is 5.02. The van der Waals surface area contributed by atoms with Crippen molar-refractivity contribution in [1.82, 2.24) is 4.90 Å². The van der Waals surface area contributed by atoms with Crippen molar-refractivity contribution in [2.75, 3.05) is 18.1 Å². The van der Waals surface area contributed by atoms with E-state index < -0.39 is 0 Å². The fourth-order valence-corrected chi connectivity index (χ4v) is 1.55. The summed E-state index contributed by atoms with van der Waals surface area (Å²) in [7, 11) is 0. The van der Waals surface area contributed by atoms with E-state index in [1.54, 1.807) is 11.8 Å². The molecule has 0 bridgehead atoms. The van der Waals surface area contributed by atoms with E-state index in [2.05, 4.69) is 6.92 Å². The molecule has 12 heavy (non-hydrogen) atoms. The fourth-order valence-electron chi connectivity index (χ4n) is 0.952. The Kier molecular flexibility index (Phi) is 3.34. The van der Waals surface area contributed by atoms with Crippen LogP contribution in [-0.2, 0) is 9.59 Å². The smallest absolute Gasteiger partial charge is 0.253 e. The van der Waals surface area contributed by atoms with Gasteiger partial charge < -0.3 is 0 Å². The van der Waals surface area contributed by atoms with Crippen LogP contribution in [0.2, 0.25) is 0 Å². The maximum atomic E-state index is 11.0. The number of amides is 2. The van der Waals surface area contributed by atoms with Crippen LogP contribution in [-0.4, -0.2) is 34.8 Å². The fraction of sp³-hybridized carbons (Fsp3) is 0.500. The number of carbonyl (C=O) groups excluding carboxylic acids is 2. The summed E-state index contributed by atoms with van der Waals surface area (Å²) in [5.74, 6) is 1.48. The van der Waals surface area contributed by atoms with E-state index in [-0.39, 0.29) is 11.8 Å². The van der Waals surface area contributed by atoms with E-state index >= 15 is 0 Å². The third-order valence-electron chi connectivity index (χ3n) is 1.56. The van der Waals surface area contributed by atoms with E-state index in [0.29, 0.717) is 6.54 Å². The first-order chi connectivity index (χ1) is 5.75. The Morgan fingerprint density at radius 3 is 2.42 bits per heavy atom. The summed E-state index contributed by atoms with van der Waals surface area (Å²) in [4.78, 5) is 23.2. The van der Waals surface area contributed by atoms with E-state index in [4.69, 9.17) is 0 Å². The highest BCUT2D eigenvalue weighted by molar-refractivity contribution is 7.99. The monoisotopic (exact) mass is 185 g/mol. The predicted molar refractivity (Wildman–Crippen MR) is 48.9 cm³/mol. The molecule has 1 aliphatic heterocycles. The van der Waals surface area contributed by atoms with Gasteiger partial charge >= 0.3 is 0 Å². The van der Waals surface area contributed by atoms with Gasteiger partial charge in [-0.2, -0.15) is 11.8 Å². The Hall–Kier alpha value is -0.770. The zero-order valence-corrected chi connectivity index (χ0v) is 7.76. The van der Waals surface area contributed by atoms with Crippen molar-refractivity contribution in [3.63, 3.8) is 0 Å². The summed E-state index contributed by atoms with van der Waals surface area (Å²) in [6, 6.07) is 0. The maximum Gasteiger partial charge on any atom is 0.253 e. The highest BCUT2D eigenvalue weighted by Crippen LogP contribution is 2.06. The molecule has 0 saturated heterocycles. The molecule has 1 aliphatic rings. The number of hydrogen-bond donors (Lipinski definition) is 0. The topological polar surface area (TPSA) is 37.4 Å². The van der Waals surface area contributed by atoms with Crippen molar-refractivity contribution in [3.8, 4) is 0 Å². The van der Waals surface area contributed by atoms with Gasteiger partial charge in [-0.15, -0.1) is 0 Å². The van der Waals surface area contributed by atoms with Crippen LogP contribution in [0.25, 0.3) is 0 Å². The molecule has 0 aromatic carbocycles. The standard InChI is InChI=1S/C8H11NO2S/c1-2-12-6-5-9-7(10)3-4-8(9)11/h3-4H,2,5-6H2,1H3. The minimum Gasteiger partial charge on any atom is -0.275 e. The molecule has 0 N–H and O–H groups in total. The molecule has 0 aromatic rings. The van der Waals surface area contributed by atoms with Crippen molar-refractivity contribution in [1.29, 1.82) is 0 Å². The molecule has 4 heteroatoms. The highest BCUT2D eigenvalue weighted by atomic mass is 32.2. The van der Waals surface area contributed by atoms with Gasteiger partial charge in [0.1, 0.15) is 0 Å². The molecule has 0 unspecified atom stereocenters. The van der Waals surface area contributed by atoms with Gasteiger partial charge in [0.25, 0.3) is 11.8 Å². The molecule has 1 rings (SSSR count). The lowest BCUT2D eigenvalue weighted by Gasteiger charge is -2.12. The van der Waals surface area contributed by atoms with Crippen molar-refractivity contribution in [3.05, 3.63) is 12.2 Å². The van der Waals surface area contributed by atoms with Crippen LogP contribution >= 0.6 is 11.8 Å². The predicted octanol–water partition coefficient (Wildman–Crippen LogP) is 0.664. The molecular formula is C8H11NO2S. The van der Waals surface area contributed by atoms with Crippen molar-refractivity contribution in [2.24, 2.45) is 0 Å². The molecule has 3 nitrogen and oxygen atoms in total. The van der Waals surface area contributed by atoms with Gasteiger partial charge in [-0.1, -0.05) is 6.92 Å². The summed E-state index contributed by atoms with van der Waals surface area (Å²) in [5, 5.41) is 0. The number of carbonyl (C=O) groups is 2. The largest absolute Gasteiger partial charge is 0.275 e. The van der Waals surface area contributed by atoms with Crippen LogP contribution in [0.15, 0.2) is 12.2 Å². The molecule has 0 spiro atoms. The lowest BCUT2D eigenvalue weighted by molar-refractivity contribution is -0.136. The van der Waals surface area contributed by atoms with Crippen molar-refractivity contribution < 1.29 is 9.59 Å². The lowest BCUT2D eigenvalue weighted by atomic mass is 10.5. The van der Waals surface area contributed by atoms with Gasteiger partial charge in [0.15, 0.2) is 0 Å². The molecule has 0 aromatic heterocycles. The average molecular weight is 185 g/mol. The Morgan fingerprint density at radius 2 is 1.92 bits per heavy atom. The van der Waals surface area contributed by atoms with Crippen molar-refractivity contribution >= 4 is 23.6 Å². The van der Waals surface area contributed by atoms with Crippen LogP contribution in [0, 0.1) is 0 Å². The van der Waals surface area contributed by atoms with Crippen LogP contribution in [0.5, 0.6) is 0 Å². The SMILES string of the molecule is CCSCCN1C(=O)C=CC1=O. The number of rotatable bonds is 4. The molecule has 66 valence electrons. The normalized spacial score (nSPS) is 16.2. The Morgan fingerprint density at radius 1 is 1.33 bits per heavy atom. The number of nitrogens with zero attached hydrogens (tertiary/aromatic N) is 1. The van der Waals surface area contributed by atoms with Gasteiger partial charge in [-0.3, -0.25) is 14.5 Å². The third kappa shape index (κ3) is 2.11. The van der Waals surface area contributed by atoms with Gasteiger partial charge in [0, 0.05) is 24.4 Å². The molecule has 0 saturated carbocycles. The second-order valence-corrected chi connectivity index (χ2v) is 3.75. The van der Waals surface area contributed by atoms with Crippen LogP contribution in [0.4, 0.5) is 0 Å². The Balaban J connectivity index is 2.33. The Labute approximate surface area is 75.8 Å². The Bertz CT molecular complexity index is 207. The van der Waals surface area contributed by atoms with E-state index in [0.717, 1.165) is 11.5 Å². The van der Waals surface area contributed by atoms with Crippen LogP contribution < -0.4 is 0 Å². The summed E-state index contributed by atoms with van der Waals surface area (Å²) in [6.45, 7) is 2.58. The van der Waals surface area contributed by atoms with Gasteiger partial charge in [-0.05, 0) is 5.75 Å². The number of imide groups is 1. The van der Waals surface area contributed by atoms with Crippen LogP contribution in [0.1, 0.15) is 6.92 Å². The summed E-state index contributed by atoms with van der Waals surface area (Å²) < 4.78 is 0. The molecule has 1 heterocycles. The number of hydrogen-bond acceptors (Lipinski definition) is 3. The highest BCUT2D eigenvalue weighted by Gasteiger charge is 2.21. The summed E-state index contributed by atoms with van der Waals surface area (Å²) in [5.41, 5.74) is 0. The second-order valence-electron chi connectivity index (χ2n) is 2.36. The van der Waals surface area contributed by atoms with Gasteiger partial charge in [0.2, 0.25) is 0 Å². The lowest BCUT2D eigenvalue weighted by Crippen LogP contribution is -2.32. The molecule has 0 atom stereocenters. The third-order valence-corrected chi connectivity index (χ3v) is 2.44. The maximum absolute atomic E-state index is 11.0. The van der Waals surface area contributed by atoms with E-state index in [9.17, 15) is 9.59 Å². The van der Waals surface area contributed by atoms with Crippen LogP contribution in [0.3, 0.4) is 0 Å². The summed E-state index contributed by atoms with van der Waals surface area (Å²) >= 11 is 1.73. The van der Waals surface area contributed by atoms with E-state index in [1.807, 2.05) is 0 Å². The zero-order chi connectivity index (χ0) is 8.97. The first kappa shape index (κ1) is 9.32. The van der Waals surface area contributed by atoms with Gasteiger partial charge in [0.05, 0.1) is 0 Å². The quantitative estimate of drug-likeness (QED) is 0.477. The average Bonchev–Trinajstić information content (AvgIpc) is 2.35. The second kappa shape index (κ2) is 4.30. The summed E-state index contributed by atoms with van der Waals surface area (Å²) in [6.07, 6.45) is 2.64. The molecular weight excluding hydrogens is 174 g/mol. The minimum absolute atomic E-state index is 0.184. The molecule has 2 amide bonds. The minimum atomic E-state index is -0.184. The van der Waals surface area contributed by atoms with Crippen molar-refractivity contribution in [2.45, 2.75) is 6.92 Å². The molecule has 0 radical (unpaired) electrons. The zero-order valence-electron chi connectivity index (χ0n) is 6.95.